The molecule has 0 fully saturated rings. The van der Waals surface area contributed by atoms with Crippen molar-refractivity contribution < 1.29 is 4.74 Å². The van der Waals surface area contributed by atoms with Gasteiger partial charge in [-0.1, -0.05) is 48.9 Å². The van der Waals surface area contributed by atoms with Gasteiger partial charge in [0.25, 0.3) is 0 Å². The van der Waals surface area contributed by atoms with Crippen LogP contribution in [0.25, 0.3) is 0 Å². The molecule has 0 radical (unpaired) electrons. The highest BCUT2D eigenvalue weighted by molar-refractivity contribution is 6.31. The molecule has 0 aliphatic rings. The van der Waals surface area contributed by atoms with E-state index in [1.807, 2.05) is 36.4 Å². The maximum atomic E-state index is 6.12. The molecule has 0 bridgehead atoms. The van der Waals surface area contributed by atoms with Crippen molar-refractivity contribution in [2.45, 2.75) is 32.9 Å². The Morgan fingerprint density at radius 3 is 2.48 bits per heavy atom. The van der Waals surface area contributed by atoms with Gasteiger partial charge in [0.2, 0.25) is 0 Å². The average molecular weight is 304 g/mol. The van der Waals surface area contributed by atoms with Gasteiger partial charge in [-0.3, -0.25) is 0 Å². The van der Waals surface area contributed by atoms with Crippen molar-refractivity contribution in [3.05, 3.63) is 64.7 Å². The molecule has 2 aromatic carbocycles. The summed E-state index contributed by atoms with van der Waals surface area (Å²) in [4.78, 5) is 0. The van der Waals surface area contributed by atoms with Crippen molar-refractivity contribution in [2.75, 3.05) is 6.54 Å². The molecule has 2 aromatic rings. The molecule has 0 heterocycles. The third-order valence-corrected chi connectivity index (χ3v) is 3.80. The summed E-state index contributed by atoms with van der Waals surface area (Å²) in [6.45, 7) is 5.87. The van der Waals surface area contributed by atoms with Gasteiger partial charge in [-0.15, -0.1) is 0 Å². The Kier molecular flexibility index (Phi) is 6.09. The fourth-order valence-corrected chi connectivity index (χ4v) is 2.30. The van der Waals surface area contributed by atoms with Crippen molar-refractivity contribution >= 4 is 11.6 Å². The maximum Gasteiger partial charge on any atom is 0.119 e. The van der Waals surface area contributed by atoms with Gasteiger partial charge in [-0.2, -0.15) is 0 Å². The van der Waals surface area contributed by atoms with E-state index in [0.29, 0.717) is 12.6 Å². The molecule has 112 valence electrons. The van der Waals surface area contributed by atoms with E-state index in [4.69, 9.17) is 16.3 Å². The molecule has 0 aliphatic carbocycles. The first-order valence-electron chi connectivity index (χ1n) is 7.40. The maximum absolute atomic E-state index is 6.12. The van der Waals surface area contributed by atoms with E-state index in [1.54, 1.807) is 0 Å². The smallest absolute Gasteiger partial charge is 0.119 e. The van der Waals surface area contributed by atoms with Gasteiger partial charge in [0.1, 0.15) is 12.4 Å². The van der Waals surface area contributed by atoms with Crippen LogP contribution in [0.1, 0.15) is 37.4 Å². The van der Waals surface area contributed by atoms with Crippen LogP contribution >= 0.6 is 11.6 Å². The summed E-state index contributed by atoms with van der Waals surface area (Å²) >= 11 is 6.12. The summed E-state index contributed by atoms with van der Waals surface area (Å²) in [5.74, 6) is 0.862. The lowest BCUT2D eigenvalue weighted by molar-refractivity contribution is 0.306. The van der Waals surface area contributed by atoms with Gasteiger partial charge >= 0.3 is 0 Å². The van der Waals surface area contributed by atoms with E-state index in [2.05, 4.69) is 31.3 Å². The zero-order chi connectivity index (χ0) is 15.1. The number of rotatable bonds is 7. The lowest BCUT2D eigenvalue weighted by Crippen LogP contribution is -2.19. The SMILES string of the molecule is CCCNC(C)c1ccc(OCc2ccccc2Cl)cc1. The summed E-state index contributed by atoms with van der Waals surface area (Å²) < 4.78 is 5.78. The fourth-order valence-electron chi connectivity index (χ4n) is 2.11. The molecule has 2 rings (SSSR count). The van der Waals surface area contributed by atoms with Crippen LogP contribution in [0.4, 0.5) is 0 Å². The Morgan fingerprint density at radius 2 is 1.81 bits per heavy atom. The summed E-state index contributed by atoms with van der Waals surface area (Å²) in [7, 11) is 0. The van der Waals surface area contributed by atoms with Crippen molar-refractivity contribution in [3.8, 4) is 5.75 Å². The zero-order valence-corrected chi connectivity index (χ0v) is 13.4. The molecule has 0 saturated heterocycles. The second-order valence-electron chi connectivity index (χ2n) is 5.12. The number of hydrogen-bond acceptors (Lipinski definition) is 2. The highest BCUT2D eigenvalue weighted by Crippen LogP contribution is 2.20. The molecule has 0 spiro atoms. The minimum absolute atomic E-state index is 0.363. The molecule has 1 atom stereocenters. The molecule has 21 heavy (non-hydrogen) atoms. The molecular formula is C18H22ClNO. The predicted octanol–water partition coefficient (Wildman–Crippen LogP) is 4.98. The molecule has 1 N–H and O–H groups in total. The van der Waals surface area contributed by atoms with Crippen LogP contribution in [0.2, 0.25) is 5.02 Å². The Bertz CT molecular complexity index is 553. The topological polar surface area (TPSA) is 21.3 Å². The summed E-state index contributed by atoms with van der Waals surface area (Å²) in [5, 5.41) is 4.22. The van der Waals surface area contributed by atoms with Crippen molar-refractivity contribution in [3.63, 3.8) is 0 Å². The van der Waals surface area contributed by atoms with Crippen molar-refractivity contribution in [2.24, 2.45) is 0 Å². The largest absolute Gasteiger partial charge is 0.489 e. The minimum Gasteiger partial charge on any atom is -0.489 e. The highest BCUT2D eigenvalue weighted by Gasteiger charge is 2.05. The van der Waals surface area contributed by atoms with Crippen LogP contribution in [-0.4, -0.2) is 6.54 Å². The third-order valence-electron chi connectivity index (χ3n) is 3.43. The summed E-state index contributed by atoms with van der Waals surface area (Å²) in [6.07, 6.45) is 1.14. The standard InChI is InChI=1S/C18H22ClNO/c1-3-12-20-14(2)15-8-10-17(11-9-15)21-13-16-6-4-5-7-18(16)19/h4-11,14,20H,3,12-13H2,1-2H3. The minimum atomic E-state index is 0.363. The first kappa shape index (κ1) is 15.9. The van der Waals surface area contributed by atoms with Gasteiger partial charge in [0.05, 0.1) is 0 Å². The number of halogens is 1. The summed E-state index contributed by atoms with van der Waals surface area (Å²) in [6, 6.07) is 16.3. The van der Waals surface area contributed by atoms with Gasteiger partial charge < -0.3 is 10.1 Å². The van der Waals surface area contributed by atoms with E-state index < -0.39 is 0 Å². The first-order chi connectivity index (χ1) is 10.2. The van der Waals surface area contributed by atoms with Crippen LogP contribution in [0.3, 0.4) is 0 Å². The van der Waals surface area contributed by atoms with E-state index in [1.165, 1.54) is 5.56 Å². The Balaban J connectivity index is 1.92. The van der Waals surface area contributed by atoms with Gasteiger partial charge in [0, 0.05) is 16.6 Å². The van der Waals surface area contributed by atoms with E-state index >= 15 is 0 Å². The molecular weight excluding hydrogens is 282 g/mol. The lowest BCUT2D eigenvalue weighted by Gasteiger charge is -2.14. The molecule has 0 aromatic heterocycles. The molecule has 0 amide bonds. The van der Waals surface area contributed by atoms with Crippen molar-refractivity contribution in [1.29, 1.82) is 0 Å². The number of hydrogen-bond donors (Lipinski definition) is 1. The van der Waals surface area contributed by atoms with Crippen LogP contribution in [0, 0.1) is 0 Å². The van der Waals surface area contributed by atoms with Gasteiger partial charge in [-0.05, 0) is 43.7 Å². The summed E-state index contributed by atoms with van der Waals surface area (Å²) in [5.41, 5.74) is 2.27. The highest BCUT2D eigenvalue weighted by atomic mass is 35.5. The Hall–Kier alpha value is -1.51. The van der Waals surface area contributed by atoms with Crippen LogP contribution in [0.15, 0.2) is 48.5 Å². The number of benzene rings is 2. The predicted molar refractivity (Wildman–Crippen MR) is 88.9 cm³/mol. The number of ether oxygens (including phenoxy) is 1. The number of nitrogens with one attached hydrogen (secondary N) is 1. The molecule has 0 aliphatic heterocycles. The van der Waals surface area contributed by atoms with Gasteiger partial charge in [0.15, 0.2) is 0 Å². The molecule has 0 saturated carbocycles. The Morgan fingerprint density at radius 1 is 1.10 bits per heavy atom. The van der Waals surface area contributed by atoms with Crippen LogP contribution in [0.5, 0.6) is 5.75 Å². The third kappa shape index (κ3) is 4.76. The van der Waals surface area contributed by atoms with E-state index in [0.717, 1.165) is 29.3 Å². The van der Waals surface area contributed by atoms with Crippen LogP contribution in [-0.2, 0) is 6.61 Å². The Labute approximate surface area is 132 Å². The lowest BCUT2D eigenvalue weighted by atomic mass is 10.1. The van der Waals surface area contributed by atoms with Gasteiger partial charge in [-0.25, -0.2) is 0 Å². The fraction of sp³-hybridized carbons (Fsp3) is 0.333. The van der Waals surface area contributed by atoms with Crippen LogP contribution < -0.4 is 10.1 Å². The molecule has 1 unspecified atom stereocenters. The van der Waals surface area contributed by atoms with E-state index in [-0.39, 0.29) is 0 Å². The zero-order valence-electron chi connectivity index (χ0n) is 12.6. The van der Waals surface area contributed by atoms with E-state index in [9.17, 15) is 0 Å². The molecule has 3 heteroatoms. The normalized spacial score (nSPS) is 12.1. The van der Waals surface area contributed by atoms with Crippen molar-refractivity contribution in [1.82, 2.24) is 5.32 Å². The quantitative estimate of drug-likeness (QED) is 0.779. The second kappa shape index (κ2) is 8.06. The first-order valence-corrected chi connectivity index (χ1v) is 7.78. The molecule has 2 nitrogen and oxygen atoms in total. The second-order valence-corrected chi connectivity index (χ2v) is 5.53. The average Bonchev–Trinajstić information content (AvgIpc) is 2.52. The monoisotopic (exact) mass is 303 g/mol.